The van der Waals surface area contributed by atoms with E-state index in [0.29, 0.717) is 16.8 Å². The van der Waals surface area contributed by atoms with Gasteiger partial charge in [0.25, 0.3) is 5.91 Å². The van der Waals surface area contributed by atoms with Crippen LogP contribution in [-0.2, 0) is 4.79 Å². The molecule has 0 spiro atoms. The molecule has 126 valence electrons. The van der Waals surface area contributed by atoms with Gasteiger partial charge in [0.1, 0.15) is 5.82 Å². The van der Waals surface area contributed by atoms with Crippen LogP contribution in [-0.4, -0.2) is 46.5 Å². The highest BCUT2D eigenvalue weighted by Crippen LogP contribution is 2.21. The molecule has 0 bridgehead atoms. The summed E-state index contributed by atoms with van der Waals surface area (Å²) in [6.07, 6.45) is 3.81. The fourth-order valence-electron chi connectivity index (χ4n) is 2.80. The first-order valence-electron chi connectivity index (χ1n) is 8.00. The lowest BCUT2D eigenvalue weighted by atomic mass is 10.1. The van der Waals surface area contributed by atoms with E-state index in [1.807, 2.05) is 4.90 Å². The SMILES string of the molecule is O=C(NCCC(=O)N1CCCC1)c1cn[nH]c1-c1ccc(F)cc1. The highest BCUT2D eigenvalue weighted by atomic mass is 19.1. The van der Waals surface area contributed by atoms with Gasteiger partial charge in [0, 0.05) is 31.6 Å². The summed E-state index contributed by atoms with van der Waals surface area (Å²) in [7, 11) is 0. The lowest BCUT2D eigenvalue weighted by Gasteiger charge is -2.15. The molecule has 7 heteroatoms. The van der Waals surface area contributed by atoms with Gasteiger partial charge in [-0.05, 0) is 37.1 Å². The zero-order valence-corrected chi connectivity index (χ0v) is 13.2. The molecule has 1 aromatic heterocycles. The first-order valence-corrected chi connectivity index (χ1v) is 8.00. The van der Waals surface area contributed by atoms with Gasteiger partial charge in [-0.3, -0.25) is 14.7 Å². The van der Waals surface area contributed by atoms with Crippen molar-refractivity contribution in [3.05, 3.63) is 41.8 Å². The summed E-state index contributed by atoms with van der Waals surface area (Å²) in [6, 6.07) is 5.81. The number of nitrogens with zero attached hydrogens (tertiary/aromatic N) is 2. The molecule has 0 atom stereocenters. The van der Waals surface area contributed by atoms with Crippen LogP contribution in [0.1, 0.15) is 29.6 Å². The number of amides is 2. The van der Waals surface area contributed by atoms with Crippen molar-refractivity contribution in [2.75, 3.05) is 19.6 Å². The van der Waals surface area contributed by atoms with E-state index in [1.54, 1.807) is 12.1 Å². The zero-order valence-electron chi connectivity index (χ0n) is 13.2. The van der Waals surface area contributed by atoms with E-state index in [2.05, 4.69) is 15.5 Å². The predicted molar refractivity (Wildman–Crippen MR) is 86.7 cm³/mol. The van der Waals surface area contributed by atoms with Crippen LogP contribution in [0.25, 0.3) is 11.3 Å². The molecule has 2 aromatic rings. The van der Waals surface area contributed by atoms with E-state index in [4.69, 9.17) is 0 Å². The lowest BCUT2D eigenvalue weighted by molar-refractivity contribution is -0.129. The molecule has 2 N–H and O–H groups in total. The number of hydrogen-bond acceptors (Lipinski definition) is 3. The minimum absolute atomic E-state index is 0.0683. The van der Waals surface area contributed by atoms with Crippen molar-refractivity contribution in [3.63, 3.8) is 0 Å². The summed E-state index contributed by atoms with van der Waals surface area (Å²) < 4.78 is 13.0. The van der Waals surface area contributed by atoms with E-state index in [-0.39, 0.29) is 30.6 Å². The molecule has 1 aromatic carbocycles. The number of H-pyrrole nitrogens is 1. The normalized spacial score (nSPS) is 14.0. The number of aromatic amines is 1. The predicted octanol–water partition coefficient (Wildman–Crippen LogP) is 1.96. The van der Waals surface area contributed by atoms with Gasteiger partial charge in [0.05, 0.1) is 17.5 Å². The maximum Gasteiger partial charge on any atom is 0.255 e. The Labute approximate surface area is 139 Å². The molecule has 1 saturated heterocycles. The molecule has 1 fully saturated rings. The number of aromatic nitrogens is 2. The molecule has 0 saturated carbocycles. The van der Waals surface area contributed by atoms with Crippen molar-refractivity contribution in [1.29, 1.82) is 0 Å². The molecule has 3 rings (SSSR count). The molecule has 6 nitrogen and oxygen atoms in total. The summed E-state index contributed by atoms with van der Waals surface area (Å²) >= 11 is 0. The van der Waals surface area contributed by atoms with Gasteiger partial charge in [-0.2, -0.15) is 5.10 Å². The molecule has 0 radical (unpaired) electrons. The third-order valence-electron chi connectivity index (χ3n) is 4.10. The molecule has 2 amide bonds. The fraction of sp³-hybridized carbons (Fsp3) is 0.353. The summed E-state index contributed by atoms with van der Waals surface area (Å²) in [5.74, 6) is -0.583. The molecule has 1 aliphatic rings. The molecule has 24 heavy (non-hydrogen) atoms. The second kappa shape index (κ2) is 7.25. The van der Waals surface area contributed by atoms with Crippen LogP contribution in [0.3, 0.4) is 0 Å². The van der Waals surface area contributed by atoms with Crippen LogP contribution in [0, 0.1) is 5.82 Å². The summed E-state index contributed by atoms with van der Waals surface area (Å²) in [5.41, 5.74) is 1.57. The number of benzene rings is 1. The van der Waals surface area contributed by atoms with Crippen LogP contribution >= 0.6 is 0 Å². The minimum Gasteiger partial charge on any atom is -0.351 e. The third-order valence-corrected chi connectivity index (χ3v) is 4.10. The van der Waals surface area contributed by atoms with Gasteiger partial charge in [-0.15, -0.1) is 0 Å². The summed E-state index contributed by atoms with van der Waals surface area (Å²) in [6.45, 7) is 1.90. The van der Waals surface area contributed by atoms with Crippen molar-refractivity contribution >= 4 is 11.8 Å². The van der Waals surface area contributed by atoms with Crippen molar-refractivity contribution in [2.45, 2.75) is 19.3 Å². The Balaban J connectivity index is 1.58. The molecule has 1 aliphatic heterocycles. The number of rotatable bonds is 5. The van der Waals surface area contributed by atoms with Gasteiger partial charge in [0.2, 0.25) is 5.91 Å². The van der Waals surface area contributed by atoms with E-state index in [0.717, 1.165) is 25.9 Å². The fourth-order valence-corrected chi connectivity index (χ4v) is 2.80. The van der Waals surface area contributed by atoms with Crippen LogP contribution in [0.5, 0.6) is 0 Å². The van der Waals surface area contributed by atoms with Gasteiger partial charge in [0.15, 0.2) is 0 Å². The highest BCUT2D eigenvalue weighted by Gasteiger charge is 2.19. The Morgan fingerprint density at radius 1 is 1.21 bits per heavy atom. The van der Waals surface area contributed by atoms with Crippen LogP contribution < -0.4 is 5.32 Å². The topological polar surface area (TPSA) is 78.1 Å². The quantitative estimate of drug-likeness (QED) is 0.880. The average Bonchev–Trinajstić information content (AvgIpc) is 3.27. The third kappa shape index (κ3) is 3.61. The molecule has 2 heterocycles. The maximum atomic E-state index is 13.0. The van der Waals surface area contributed by atoms with Crippen LogP contribution in [0.15, 0.2) is 30.5 Å². The van der Waals surface area contributed by atoms with Crippen molar-refractivity contribution in [2.24, 2.45) is 0 Å². The second-order valence-corrected chi connectivity index (χ2v) is 5.76. The van der Waals surface area contributed by atoms with Gasteiger partial charge in [-0.1, -0.05) is 0 Å². The lowest BCUT2D eigenvalue weighted by Crippen LogP contribution is -2.32. The monoisotopic (exact) mass is 330 g/mol. The molecular formula is C17H19FN4O2. The Bertz CT molecular complexity index is 720. The van der Waals surface area contributed by atoms with Crippen molar-refractivity contribution in [3.8, 4) is 11.3 Å². The second-order valence-electron chi connectivity index (χ2n) is 5.76. The minimum atomic E-state index is -0.343. The van der Waals surface area contributed by atoms with Gasteiger partial charge in [-0.25, -0.2) is 4.39 Å². The smallest absolute Gasteiger partial charge is 0.255 e. The number of likely N-dealkylation sites (tertiary alicyclic amines) is 1. The van der Waals surface area contributed by atoms with Crippen molar-refractivity contribution < 1.29 is 14.0 Å². The van der Waals surface area contributed by atoms with E-state index >= 15 is 0 Å². The first kappa shape index (κ1) is 16.2. The number of carbonyl (C=O) groups is 2. The van der Waals surface area contributed by atoms with E-state index < -0.39 is 0 Å². The summed E-state index contributed by atoms with van der Waals surface area (Å²) in [5, 5.41) is 9.39. The highest BCUT2D eigenvalue weighted by molar-refractivity contribution is 5.99. The standard InChI is InChI=1S/C17H19FN4O2/c18-13-5-3-12(4-6-13)16-14(11-20-21-16)17(24)19-8-7-15(23)22-9-1-2-10-22/h3-6,11H,1-2,7-10H2,(H,19,24)(H,20,21). The molecule has 0 aliphatic carbocycles. The molecular weight excluding hydrogens is 311 g/mol. The van der Waals surface area contributed by atoms with Crippen LogP contribution in [0.2, 0.25) is 0 Å². The Hall–Kier alpha value is -2.70. The average molecular weight is 330 g/mol. The Morgan fingerprint density at radius 2 is 1.92 bits per heavy atom. The van der Waals surface area contributed by atoms with Crippen molar-refractivity contribution in [1.82, 2.24) is 20.4 Å². The largest absolute Gasteiger partial charge is 0.351 e. The first-order chi connectivity index (χ1) is 11.6. The maximum absolute atomic E-state index is 13.0. The van der Waals surface area contributed by atoms with E-state index in [9.17, 15) is 14.0 Å². The number of nitrogens with one attached hydrogen (secondary N) is 2. The number of carbonyl (C=O) groups excluding carboxylic acids is 2. The zero-order chi connectivity index (χ0) is 16.9. The van der Waals surface area contributed by atoms with Gasteiger partial charge < -0.3 is 10.2 Å². The van der Waals surface area contributed by atoms with Gasteiger partial charge >= 0.3 is 0 Å². The van der Waals surface area contributed by atoms with E-state index in [1.165, 1.54) is 18.3 Å². The van der Waals surface area contributed by atoms with Crippen LogP contribution in [0.4, 0.5) is 4.39 Å². The Kier molecular flexibility index (Phi) is 4.88. The summed E-state index contributed by atoms with van der Waals surface area (Å²) in [4.78, 5) is 26.1. The number of halogens is 1. The Morgan fingerprint density at radius 3 is 2.62 bits per heavy atom. The molecule has 0 unspecified atom stereocenters. The number of hydrogen-bond donors (Lipinski definition) is 2.